The Morgan fingerprint density at radius 1 is 1.20 bits per heavy atom. The van der Waals surface area contributed by atoms with E-state index < -0.39 is 0 Å². The van der Waals surface area contributed by atoms with Crippen LogP contribution in [0.15, 0.2) is 36.5 Å². The molecule has 2 aromatic rings. The van der Waals surface area contributed by atoms with Crippen LogP contribution in [0.5, 0.6) is 0 Å². The van der Waals surface area contributed by atoms with E-state index >= 15 is 0 Å². The van der Waals surface area contributed by atoms with Crippen molar-refractivity contribution in [2.75, 3.05) is 40.0 Å². The van der Waals surface area contributed by atoms with Crippen LogP contribution in [0.1, 0.15) is 23.3 Å². The van der Waals surface area contributed by atoms with E-state index in [1.54, 1.807) is 7.11 Å². The molecule has 1 fully saturated rings. The molecule has 0 spiro atoms. The van der Waals surface area contributed by atoms with E-state index in [4.69, 9.17) is 9.47 Å². The van der Waals surface area contributed by atoms with E-state index in [0.717, 1.165) is 38.2 Å². The Labute approximate surface area is 147 Å². The van der Waals surface area contributed by atoms with Crippen LogP contribution in [0.3, 0.4) is 0 Å². The molecule has 0 unspecified atom stereocenters. The van der Waals surface area contributed by atoms with Gasteiger partial charge in [-0.1, -0.05) is 18.2 Å². The number of carbonyl (C=O) groups is 1. The third-order valence-corrected chi connectivity index (χ3v) is 4.39. The van der Waals surface area contributed by atoms with Gasteiger partial charge in [-0.2, -0.15) is 9.90 Å². The summed E-state index contributed by atoms with van der Waals surface area (Å²) in [6, 6.07) is 9.58. The number of para-hydroxylation sites is 1. The predicted molar refractivity (Wildman–Crippen MR) is 92.7 cm³/mol. The van der Waals surface area contributed by atoms with Crippen LogP contribution < -0.4 is 0 Å². The van der Waals surface area contributed by atoms with Gasteiger partial charge in [0.1, 0.15) is 0 Å². The van der Waals surface area contributed by atoms with Gasteiger partial charge in [0.25, 0.3) is 5.91 Å². The lowest BCUT2D eigenvalue weighted by atomic mass is 9.97. The van der Waals surface area contributed by atoms with Crippen molar-refractivity contribution in [2.24, 2.45) is 5.92 Å². The number of carbonyl (C=O) groups excluding carboxylic acids is 1. The van der Waals surface area contributed by atoms with Crippen molar-refractivity contribution in [3.05, 3.63) is 42.2 Å². The first kappa shape index (κ1) is 17.6. The zero-order valence-corrected chi connectivity index (χ0v) is 14.5. The van der Waals surface area contributed by atoms with E-state index in [-0.39, 0.29) is 5.91 Å². The number of likely N-dealkylation sites (tertiary alicyclic amines) is 1. The number of piperidine rings is 1. The van der Waals surface area contributed by atoms with Crippen molar-refractivity contribution < 1.29 is 14.3 Å². The largest absolute Gasteiger partial charge is 0.382 e. The second-order valence-corrected chi connectivity index (χ2v) is 6.16. The smallest absolute Gasteiger partial charge is 0.276 e. The Bertz CT molecular complexity index is 666. The number of amides is 1. The average Bonchev–Trinajstić information content (AvgIpc) is 3.16. The third kappa shape index (κ3) is 4.64. The molecule has 1 aliphatic heterocycles. The molecule has 1 aliphatic rings. The fourth-order valence-corrected chi connectivity index (χ4v) is 2.90. The van der Waals surface area contributed by atoms with Crippen LogP contribution in [-0.2, 0) is 9.47 Å². The van der Waals surface area contributed by atoms with Crippen molar-refractivity contribution in [2.45, 2.75) is 12.8 Å². The van der Waals surface area contributed by atoms with Crippen molar-refractivity contribution >= 4 is 5.91 Å². The molecule has 1 amide bonds. The molecule has 0 N–H and O–H groups in total. The Balaban J connectivity index is 1.50. The first-order valence-corrected chi connectivity index (χ1v) is 8.61. The van der Waals surface area contributed by atoms with Crippen LogP contribution in [0.2, 0.25) is 0 Å². The maximum Gasteiger partial charge on any atom is 0.276 e. The normalized spacial score (nSPS) is 15.5. The molecule has 7 heteroatoms. The molecule has 7 nitrogen and oxygen atoms in total. The van der Waals surface area contributed by atoms with Gasteiger partial charge >= 0.3 is 0 Å². The van der Waals surface area contributed by atoms with E-state index in [1.807, 2.05) is 35.2 Å². The van der Waals surface area contributed by atoms with Crippen LogP contribution in [0, 0.1) is 5.92 Å². The zero-order valence-electron chi connectivity index (χ0n) is 14.5. The lowest BCUT2D eigenvalue weighted by molar-refractivity contribution is 0.0326. The first-order valence-electron chi connectivity index (χ1n) is 8.61. The molecule has 1 aromatic carbocycles. The van der Waals surface area contributed by atoms with Gasteiger partial charge in [-0.25, -0.2) is 0 Å². The Hall–Kier alpha value is -2.25. The summed E-state index contributed by atoms with van der Waals surface area (Å²) in [5, 5.41) is 8.52. The number of ether oxygens (including phenoxy) is 2. The van der Waals surface area contributed by atoms with E-state index in [0.29, 0.717) is 24.8 Å². The van der Waals surface area contributed by atoms with Gasteiger partial charge < -0.3 is 14.4 Å². The number of methoxy groups -OCH3 is 1. The first-order chi connectivity index (χ1) is 12.3. The molecule has 0 aliphatic carbocycles. The Kier molecular flexibility index (Phi) is 6.14. The SMILES string of the molecule is COCCOCC1CCN(C(=O)c2cnn(-c3ccccc3)n2)CC1. The van der Waals surface area contributed by atoms with Crippen molar-refractivity contribution in [3.8, 4) is 5.69 Å². The summed E-state index contributed by atoms with van der Waals surface area (Å²) in [5.74, 6) is 0.446. The molecule has 0 bridgehead atoms. The lowest BCUT2D eigenvalue weighted by Gasteiger charge is -2.31. The van der Waals surface area contributed by atoms with Gasteiger partial charge in [0.05, 0.1) is 25.1 Å². The quantitative estimate of drug-likeness (QED) is 0.716. The molecule has 2 heterocycles. The third-order valence-electron chi connectivity index (χ3n) is 4.39. The maximum absolute atomic E-state index is 12.6. The monoisotopic (exact) mass is 344 g/mol. The second-order valence-electron chi connectivity index (χ2n) is 6.16. The van der Waals surface area contributed by atoms with E-state index in [1.165, 1.54) is 11.0 Å². The maximum atomic E-state index is 12.6. The molecule has 1 saturated heterocycles. The highest BCUT2D eigenvalue weighted by atomic mass is 16.5. The van der Waals surface area contributed by atoms with E-state index in [2.05, 4.69) is 10.2 Å². The molecular formula is C18H24N4O3. The predicted octanol–water partition coefficient (Wildman–Crippen LogP) is 1.78. The minimum Gasteiger partial charge on any atom is -0.382 e. The van der Waals surface area contributed by atoms with Crippen molar-refractivity contribution in [1.82, 2.24) is 19.9 Å². The molecule has 0 saturated carbocycles. The highest BCUT2D eigenvalue weighted by Crippen LogP contribution is 2.19. The van der Waals surface area contributed by atoms with Crippen molar-refractivity contribution in [1.29, 1.82) is 0 Å². The highest BCUT2D eigenvalue weighted by molar-refractivity contribution is 5.92. The van der Waals surface area contributed by atoms with E-state index in [9.17, 15) is 4.79 Å². The number of hydrogen-bond donors (Lipinski definition) is 0. The molecular weight excluding hydrogens is 320 g/mol. The van der Waals surface area contributed by atoms with Gasteiger partial charge in [-0.05, 0) is 30.9 Å². The number of rotatable bonds is 7. The average molecular weight is 344 g/mol. The number of benzene rings is 1. The molecule has 0 atom stereocenters. The van der Waals surface area contributed by atoms with Gasteiger partial charge in [-0.15, -0.1) is 5.10 Å². The van der Waals surface area contributed by atoms with Gasteiger partial charge in [0, 0.05) is 26.8 Å². The Morgan fingerprint density at radius 2 is 1.96 bits per heavy atom. The standard InChI is InChI=1S/C18H24N4O3/c1-24-11-12-25-14-15-7-9-21(10-8-15)18(23)17-13-19-22(20-17)16-5-3-2-4-6-16/h2-6,13,15H,7-12,14H2,1H3. The molecule has 3 rings (SSSR count). The van der Waals surface area contributed by atoms with Crippen LogP contribution in [0.25, 0.3) is 5.69 Å². The van der Waals surface area contributed by atoms with Gasteiger partial charge in [0.15, 0.2) is 5.69 Å². The molecule has 0 radical (unpaired) electrons. The molecule has 25 heavy (non-hydrogen) atoms. The minimum atomic E-state index is -0.0547. The van der Waals surface area contributed by atoms with Crippen LogP contribution in [-0.4, -0.2) is 65.8 Å². The number of aromatic nitrogens is 3. The van der Waals surface area contributed by atoms with Gasteiger partial charge in [-0.3, -0.25) is 4.79 Å². The van der Waals surface area contributed by atoms with Crippen LogP contribution in [0.4, 0.5) is 0 Å². The summed E-state index contributed by atoms with van der Waals surface area (Å²) in [5.41, 5.74) is 1.23. The second kappa shape index (κ2) is 8.73. The Morgan fingerprint density at radius 3 is 2.68 bits per heavy atom. The summed E-state index contributed by atoms with van der Waals surface area (Å²) in [6.07, 6.45) is 3.44. The zero-order chi connectivity index (χ0) is 17.5. The summed E-state index contributed by atoms with van der Waals surface area (Å²) in [4.78, 5) is 16.0. The fourth-order valence-electron chi connectivity index (χ4n) is 2.90. The fraction of sp³-hybridized carbons (Fsp3) is 0.500. The van der Waals surface area contributed by atoms with Gasteiger partial charge in [0.2, 0.25) is 0 Å². The van der Waals surface area contributed by atoms with Crippen LogP contribution >= 0.6 is 0 Å². The lowest BCUT2D eigenvalue weighted by Crippen LogP contribution is -2.39. The number of nitrogens with zero attached hydrogens (tertiary/aromatic N) is 4. The summed E-state index contributed by atoms with van der Waals surface area (Å²) < 4.78 is 10.6. The topological polar surface area (TPSA) is 69.5 Å². The summed E-state index contributed by atoms with van der Waals surface area (Å²) >= 11 is 0. The molecule has 134 valence electrons. The highest BCUT2D eigenvalue weighted by Gasteiger charge is 2.25. The molecule has 1 aromatic heterocycles. The van der Waals surface area contributed by atoms with Crippen molar-refractivity contribution in [3.63, 3.8) is 0 Å². The number of hydrogen-bond acceptors (Lipinski definition) is 5. The minimum absolute atomic E-state index is 0.0547. The summed E-state index contributed by atoms with van der Waals surface area (Å²) in [7, 11) is 1.67. The summed E-state index contributed by atoms with van der Waals surface area (Å²) in [6.45, 7) is 3.44.